The predicted molar refractivity (Wildman–Crippen MR) is 67.2 cm³/mol. The molecule has 7 N–H and O–H groups in total. The van der Waals surface area contributed by atoms with Gasteiger partial charge in [0.05, 0.1) is 12.0 Å². The van der Waals surface area contributed by atoms with Crippen LogP contribution in [0.3, 0.4) is 0 Å². The molecule has 0 amide bonds. The Morgan fingerprint density at radius 3 is 2.65 bits per heavy atom. The van der Waals surface area contributed by atoms with E-state index in [0.717, 1.165) is 0 Å². The highest BCUT2D eigenvalue weighted by atomic mass is 16.6. The molecule has 1 aliphatic heterocycles. The van der Waals surface area contributed by atoms with Crippen LogP contribution in [-0.4, -0.2) is 60.0 Å². The summed E-state index contributed by atoms with van der Waals surface area (Å²) in [6.45, 7) is -0.412. The van der Waals surface area contributed by atoms with Crippen LogP contribution in [0, 0.1) is 0 Å². The Bertz CT molecular complexity index is 646. The first-order valence-corrected chi connectivity index (χ1v) is 5.91. The Morgan fingerprint density at radius 1 is 1.25 bits per heavy atom. The number of ether oxygens (including phenoxy) is 1. The zero-order valence-corrected chi connectivity index (χ0v) is 10.3. The van der Waals surface area contributed by atoms with Gasteiger partial charge in [-0.05, 0) is 0 Å². The van der Waals surface area contributed by atoms with Crippen LogP contribution in [0.2, 0.25) is 0 Å². The van der Waals surface area contributed by atoms with Gasteiger partial charge in [0.1, 0.15) is 24.1 Å². The van der Waals surface area contributed by atoms with Gasteiger partial charge in [0.2, 0.25) is 5.95 Å². The number of nitrogens with two attached hydrogens (primary N) is 2. The maximum absolute atomic E-state index is 9.92. The molecule has 10 nitrogen and oxygen atoms in total. The van der Waals surface area contributed by atoms with E-state index in [1.165, 1.54) is 10.9 Å². The second-order valence-electron chi connectivity index (χ2n) is 4.54. The van der Waals surface area contributed by atoms with Gasteiger partial charge in [-0.15, -0.1) is 5.10 Å². The molecule has 1 fully saturated rings. The van der Waals surface area contributed by atoms with Crippen molar-refractivity contribution in [1.29, 1.82) is 0 Å². The number of aromatic nitrogens is 4. The van der Waals surface area contributed by atoms with Crippen LogP contribution in [0.5, 0.6) is 0 Å². The monoisotopic (exact) mass is 282 g/mol. The van der Waals surface area contributed by atoms with Crippen LogP contribution in [0.1, 0.15) is 6.23 Å². The van der Waals surface area contributed by atoms with Gasteiger partial charge < -0.3 is 31.5 Å². The normalized spacial score (nSPS) is 30.1. The third-order valence-electron chi connectivity index (χ3n) is 3.22. The van der Waals surface area contributed by atoms with E-state index in [2.05, 4.69) is 15.1 Å². The van der Waals surface area contributed by atoms with Crippen molar-refractivity contribution in [3.05, 3.63) is 6.20 Å². The molecule has 0 aliphatic carbocycles. The van der Waals surface area contributed by atoms with Gasteiger partial charge in [0.25, 0.3) is 0 Å². The Morgan fingerprint density at radius 2 is 2.00 bits per heavy atom. The minimum Gasteiger partial charge on any atom is -0.394 e. The van der Waals surface area contributed by atoms with Gasteiger partial charge in [-0.2, -0.15) is 9.97 Å². The van der Waals surface area contributed by atoms with Crippen LogP contribution in [-0.2, 0) is 4.74 Å². The number of anilines is 2. The topological polar surface area (TPSA) is 166 Å². The second-order valence-corrected chi connectivity index (χ2v) is 4.54. The summed E-state index contributed by atoms with van der Waals surface area (Å²) in [4.78, 5) is 7.72. The Balaban J connectivity index is 2.01. The minimum atomic E-state index is -1.23. The van der Waals surface area contributed by atoms with E-state index in [-0.39, 0.29) is 17.4 Å². The first kappa shape index (κ1) is 13.0. The van der Waals surface area contributed by atoms with E-state index < -0.39 is 31.1 Å². The van der Waals surface area contributed by atoms with Crippen molar-refractivity contribution in [1.82, 2.24) is 19.7 Å². The standard InChI is InChI=1S/C10H14N6O4/c11-7-3-1-16(15-8(3)14-10(12)13-7)9-6(19)5(18)4(2-17)20-9/h1,4-6,9,17-19H,2H2,(H4,11,12,13,14,15)/t4-,5-,6-,9-/m1/s1. The number of rotatable bonds is 2. The molecule has 2 aromatic heterocycles. The third-order valence-corrected chi connectivity index (χ3v) is 3.22. The first-order valence-electron chi connectivity index (χ1n) is 5.91. The zero-order valence-electron chi connectivity index (χ0n) is 10.3. The number of aliphatic hydroxyl groups is 3. The molecule has 0 bridgehead atoms. The first-order chi connectivity index (χ1) is 9.51. The van der Waals surface area contributed by atoms with E-state index >= 15 is 0 Å². The third kappa shape index (κ3) is 1.86. The van der Waals surface area contributed by atoms with Crippen LogP contribution >= 0.6 is 0 Å². The number of hydrogen-bond acceptors (Lipinski definition) is 9. The van der Waals surface area contributed by atoms with Crippen molar-refractivity contribution in [3.63, 3.8) is 0 Å². The fourth-order valence-corrected chi connectivity index (χ4v) is 2.19. The molecular weight excluding hydrogens is 268 g/mol. The molecule has 0 radical (unpaired) electrons. The summed E-state index contributed by atoms with van der Waals surface area (Å²) in [6.07, 6.45) is -2.77. The van der Waals surface area contributed by atoms with Crippen molar-refractivity contribution in [2.24, 2.45) is 0 Å². The summed E-state index contributed by atoms with van der Waals surface area (Å²) < 4.78 is 6.63. The number of nitrogen functional groups attached to an aromatic ring is 2. The smallest absolute Gasteiger partial charge is 0.224 e. The summed E-state index contributed by atoms with van der Waals surface area (Å²) in [5, 5.41) is 33.2. The lowest BCUT2D eigenvalue weighted by atomic mass is 10.1. The Kier molecular flexibility index (Phi) is 2.94. The molecule has 4 atom stereocenters. The molecule has 0 saturated carbocycles. The van der Waals surface area contributed by atoms with Crippen molar-refractivity contribution in [3.8, 4) is 0 Å². The fraction of sp³-hybridized carbons (Fsp3) is 0.500. The largest absolute Gasteiger partial charge is 0.394 e. The predicted octanol–water partition coefficient (Wildman–Crippen LogP) is -2.40. The molecule has 0 aromatic carbocycles. The molecule has 0 unspecified atom stereocenters. The number of fused-ring (bicyclic) bond motifs is 1. The van der Waals surface area contributed by atoms with Crippen LogP contribution < -0.4 is 11.5 Å². The zero-order chi connectivity index (χ0) is 14.4. The van der Waals surface area contributed by atoms with Crippen LogP contribution in [0.25, 0.3) is 11.0 Å². The highest BCUT2D eigenvalue weighted by Gasteiger charge is 2.43. The molecule has 3 heterocycles. The van der Waals surface area contributed by atoms with Crippen LogP contribution in [0.4, 0.5) is 11.8 Å². The summed E-state index contributed by atoms with van der Waals surface area (Å²) >= 11 is 0. The molecule has 20 heavy (non-hydrogen) atoms. The molecule has 1 aliphatic rings. The van der Waals surface area contributed by atoms with E-state index in [1.807, 2.05) is 0 Å². The molecule has 10 heteroatoms. The van der Waals surface area contributed by atoms with Gasteiger partial charge in [0.15, 0.2) is 11.9 Å². The van der Waals surface area contributed by atoms with E-state index in [1.54, 1.807) is 0 Å². The molecule has 0 spiro atoms. The van der Waals surface area contributed by atoms with E-state index in [9.17, 15) is 10.2 Å². The van der Waals surface area contributed by atoms with Crippen LogP contribution in [0.15, 0.2) is 6.20 Å². The van der Waals surface area contributed by atoms with Crippen molar-refractivity contribution in [2.75, 3.05) is 18.1 Å². The second kappa shape index (κ2) is 4.52. The van der Waals surface area contributed by atoms with Gasteiger partial charge in [0, 0.05) is 6.20 Å². The van der Waals surface area contributed by atoms with E-state index in [4.69, 9.17) is 21.3 Å². The molecule has 2 aromatic rings. The SMILES string of the molecule is Nc1nc(N)c2cn([C@@H]3O[C@H](CO)[C@@H](O)[C@H]3O)nc2n1. The summed E-state index contributed by atoms with van der Waals surface area (Å²) in [5.41, 5.74) is 11.4. The summed E-state index contributed by atoms with van der Waals surface area (Å²) in [7, 11) is 0. The van der Waals surface area contributed by atoms with Crippen molar-refractivity contribution < 1.29 is 20.1 Å². The highest BCUT2D eigenvalue weighted by molar-refractivity contribution is 5.85. The fourth-order valence-electron chi connectivity index (χ4n) is 2.19. The minimum absolute atomic E-state index is 0.0126. The lowest BCUT2D eigenvalue weighted by Crippen LogP contribution is -2.33. The van der Waals surface area contributed by atoms with Gasteiger partial charge in [-0.3, -0.25) is 0 Å². The number of nitrogens with zero attached hydrogens (tertiary/aromatic N) is 4. The van der Waals surface area contributed by atoms with Crippen molar-refractivity contribution in [2.45, 2.75) is 24.5 Å². The molecule has 108 valence electrons. The summed E-state index contributed by atoms with van der Waals surface area (Å²) in [5.74, 6) is 0.145. The Hall–Kier alpha value is -2.01. The maximum atomic E-state index is 9.92. The van der Waals surface area contributed by atoms with Crippen molar-refractivity contribution >= 4 is 22.8 Å². The van der Waals surface area contributed by atoms with Gasteiger partial charge in [-0.25, -0.2) is 4.68 Å². The number of aliphatic hydroxyl groups excluding tert-OH is 3. The van der Waals surface area contributed by atoms with E-state index in [0.29, 0.717) is 5.39 Å². The molecule has 1 saturated heterocycles. The lowest BCUT2D eigenvalue weighted by Gasteiger charge is -2.14. The highest BCUT2D eigenvalue weighted by Crippen LogP contribution is 2.30. The van der Waals surface area contributed by atoms with Gasteiger partial charge >= 0.3 is 0 Å². The maximum Gasteiger partial charge on any atom is 0.224 e. The molecular formula is C10H14N6O4. The lowest BCUT2D eigenvalue weighted by molar-refractivity contribution is -0.0583. The average Bonchev–Trinajstić information content (AvgIpc) is 2.93. The number of hydrogen-bond donors (Lipinski definition) is 5. The average molecular weight is 282 g/mol. The quantitative estimate of drug-likeness (QED) is 0.403. The Labute approximate surface area is 112 Å². The molecule has 3 rings (SSSR count). The van der Waals surface area contributed by atoms with Gasteiger partial charge in [-0.1, -0.05) is 0 Å². The summed E-state index contributed by atoms with van der Waals surface area (Å²) in [6, 6.07) is 0.